The molecule has 0 spiro atoms. The van der Waals surface area contributed by atoms with Crippen molar-refractivity contribution in [1.29, 1.82) is 0 Å². The maximum atomic E-state index is 5.35. The Morgan fingerprint density at radius 1 is 1.20 bits per heavy atom. The van der Waals surface area contributed by atoms with E-state index in [-0.39, 0.29) is 0 Å². The molecule has 0 aromatic rings. The summed E-state index contributed by atoms with van der Waals surface area (Å²) < 4.78 is 0. The van der Waals surface area contributed by atoms with E-state index in [1.807, 2.05) is 0 Å². The van der Waals surface area contributed by atoms with Gasteiger partial charge in [0.1, 0.15) is 0 Å². The van der Waals surface area contributed by atoms with Gasteiger partial charge in [0.05, 0.1) is 7.11 Å². The first kappa shape index (κ1) is 11.3. The molecule has 15 heavy (non-hydrogen) atoms. The fourth-order valence-electron chi connectivity index (χ4n) is 2.78. The van der Waals surface area contributed by atoms with Crippen molar-refractivity contribution in [1.82, 2.24) is 15.3 Å². The predicted octanol–water partition coefficient (Wildman–Crippen LogP) is 0.163. The maximum absolute atomic E-state index is 5.35. The van der Waals surface area contributed by atoms with Gasteiger partial charge in [-0.15, -0.1) is 0 Å². The molecular weight excluding hydrogens is 190 g/mol. The van der Waals surface area contributed by atoms with Crippen LogP contribution in [0.1, 0.15) is 12.8 Å². The number of hydrogen-bond donors (Lipinski definition) is 1. The SMILES string of the molecule is CON1CCN(C)C(C2CCNCC2)C1. The van der Waals surface area contributed by atoms with E-state index in [4.69, 9.17) is 4.84 Å². The smallest absolute Gasteiger partial charge is 0.0575 e. The van der Waals surface area contributed by atoms with E-state index in [2.05, 4.69) is 22.3 Å². The molecule has 88 valence electrons. The molecule has 2 saturated heterocycles. The summed E-state index contributed by atoms with van der Waals surface area (Å²) >= 11 is 0. The van der Waals surface area contributed by atoms with Crippen molar-refractivity contribution >= 4 is 0 Å². The van der Waals surface area contributed by atoms with Crippen LogP contribution in [-0.4, -0.2) is 62.9 Å². The van der Waals surface area contributed by atoms with Gasteiger partial charge in [0.2, 0.25) is 0 Å². The maximum Gasteiger partial charge on any atom is 0.0575 e. The van der Waals surface area contributed by atoms with Crippen LogP contribution in [0.5, 0.6) is 0 Å². The van der Waals surface area contributed by atoms with E-state index in [0.29, 0.717) is 6.04 Å². The molecule has 2 rings (SSSR count). The Balaban J connectivity index is 1.92. The molecule has 0 aliphatic carbocycles. The molecule has 1 atom stereocenters. The molecular formula is C11H23N3O. The van der Waals surface area contributed by atoms with Gasteiger partial charge in [-0.1, -0.05) is 0 Å². The number of likely N-dealkylation sites (N-methyl/N-ethyl adjacent to an activating group) is 1. The largest absolute Gasteiger partial charge is 0.317 e. The van der Waals surface area contributed by atoms with Gasteiger partial charge < -0.3 is 15.1 Å². The molecule has 0 aromatic carbocycles. The summed E-state index contributed by atoms with van der Waals surface area (Å²) in [5.74, 6) is 0.842. The lowest BCUT2D eigenvalue weighted by Crippen LogP contribution is -2.55. The summed E-state index contributed by atoms with van der Waals surface area (Å²) in [7, 11) is 4.03. The number of nitrogens with zero attached hydrogens (tertiary/aromatic N) is 2. The first-order chi connectivity index (χ1) is 7.31. The Morgan fingerprint density at radius 3 is 2.60 bits per heavy atom. The Bertz CT molecular complexity index is 194. The van der Waals surface area contributed by atoms with Gasteiger partial charge in [-0.3, -0.25) is 0 Å². The zero-order chi connectivity index (χ0) is 10.7. The highest BCUT2D eigenvalue weighted by atomic mass is 16.7. The van der Waals surface area contributed by atoms with Crippen molar-refractivity contribution in [2.24, 2.45) is 5.92 Å². The molecule has 0 radical (unpaired) electrons. The van der Waals surface area contributed by atoms with E-state index in [9.17, 15) is 0 Å². The van der Waals surface area contributed by atoms with Gasteiger partial charge in [-0.25, -0.2) is 0 Å². The summed E-state index contributed by atoms with van der Waals surface area (Å²) in [6, 6.07) is 0.681. The Kier molecular flexibility index (Phi) is 3.97. The molecule has 0 saturated carbocycles. The number of nitrogens with one attached hydrogen (secondary N) is 1. The molecule has 0 amide bonds. The van der Waals surface area contributed by atoms with E-state index in [1.54, 1.807) is 7.11 Å². The summed E-state index contributed by atoms with van der Waals surface area (Å²) in [6.45, 7) is 5.60. The van der Waals surface area contributed by atoms with Crippen molar-refractivity contribution in [3.05, 3.63) is 0 Å². The molecule has 0 bridgehead atoms. The minimum absolute atomic E-state index is 0.681. The van der Waals surface area contributed by atoms with Crippen LogP contribution >= 0.6 is 0 Å². The highest BCUT2D eigenvalue weighted by Gasteiger charge is 2.31. The van der Waals surface area contributed by atoms with Gasteiger partial charge in [-0.2, -0.15) is 5.06 Å². The number of piperazine rings is 1. The lowest BCUT2D eigenvalue weighted by molar-refractivity contribution is -0.168. The number of piperidine rings is 1. The minimum atomic E-state index is 0.681. The highest BCUT2D eigenvalue weighted by Crippen LogP contribution is 2.23. The van der Waals surface area contributed by atoms with Crippen molar-refractivity contribution in [3.8, 4) is 0 Å². The van der Waals surface area contributed by atoms with Crippen LogP contribution in [0.2, 0.25) is 0 Å². The van der Waals surface area contributed by atoms with E-state index in [1.165, 1.54) is 25.9 Å². The Labute approximate surface area is 92.5 Å². The van der Waals surface area contributed by atoms with Crippen LogP contribution in [-0.2, 0) is 4.84 Å². The van der Waals surface area contributed by atoms with Gasteiger partial charge in [0.25, 0.3) is 0 Å². The summed E-state index contributed by atoms with van der Waals surface area (Å²) in [4.78, 5) is 7.86. The van der Waals surface area contributed by atoms with Crippen LogP contribution < -0.4 is 5.32 Å². The molecule has 4 heteroatoms. The van der Waals surface area contributed by atoms with Crippen LogP contribution in [0, 0.1) is 5.92 Å². The van der Waals surface area contributed by atoms with Crippen LogP contribution in [0.25, 0.3) is 0 Å². The Hall–Kier alpha value is -0.160. The average molecular weight is 213 g/mol. The second-order valence-electron chi connectivity index (χ2n) is 4.71. The summed E-state index contributed by atoms with van der Waals surface area (Å²) in [5.41, 5.74) is 0. The quantitative estimate of drug-likeness (QED) is 0.707. The monoisotopic (exact) mass is 213 g/mol. The number of rotatable bonds is 2. The van der Waals surface area contributed by atoms with Crippen molar-refractivity contribution in [2.75, 3.05) is 46.9 Å². The zero-order valence-corrected chi connectivity index (χ0v) is 9.91. The summed E-state index contributed by atoms with van der Waals surface area (Å²) in [5, 5.41) is 5.53. The summed E-state index contributed by atoms with van der Waals surface area (Å²) in [6.07, 6.45) is 2.62. The second-order valence-corrected chi connectivity index (χ2v) is 4.71. The molecule has 2 aliphatic rings. The van der Waals surface area contributed by atoms with Crippen LogP contribution in [0.15, 0.2) is 0 Å². The third-order valence-corrected chi connectivity index (χ3v) is 3.85. The van der Waals surface area contributed by atoms with Gasteiger partial charge in [0.15, 0.2) is 0 Å². The predicted molar refractivity (Wildman–Crippen MR) is 60.6 cm³/mol. The topological polar surface area (TPSA) is 27.7 Å². The van der Waals surface area contributed by atoms with E-state index in [0.717, 1.165) is 25.6 Å². The third kappa shape index (κ3) is 2.69. The first-order valence-corrected chi connectivity index (χ1v) is 6.01. The lowest BCUT2D eigenvalue weighted by atomic mass is 9.88. The normalized spacial score (nSPS) is 32.0. The van der Waals surface area contributed by atoms with Crippen LogP contribution in [0.3, 0.4) is 0 Å². The third-order valence-electron chi connectivity index (χ3n) is 3.85. The molecule has 1 unspecified atom stereocenters. The molecule has 4 nitrogen and oxygen atoms in total. The van der Waals surface area contributed by atoms with Crippen LogP contribution in [0.4, 0.5) is 0 Å². The van der Waals surface area contributed by atoms with Gasteiger partial charge in [-0.05, 0) is 38.9 Å². The van der Waals surface area contributed by atoms with E-state index >= 15 is 0 Å². The van der Waals surface area contributed by atoms with Gasteiger partial charge in [0, 0.05) is 25.7 Å². The molecule has 2 heterocycles. The lowest BCUT2D eigenvalue weighted by Gasteiger charge is -2.43. The standard InChI is InChI=1S/C11H23N3O/c1-13-7-8-14(15-2)9-11(13)10-3-5-12-6-4-10/h10-12H,3-9H2,1-2H3. The minimum Gasteiger partial charge on any atom is -0.317 e. The van der Waals surface area contributed by atoms with Crippen molar-refractivity contribution in [3.63, 3.8) is 0 Å². The molecule has 0 aromatic heterocycles. The first-order valence-electron chi connectivity index (χ1n) is 6.01. The Morgan fingerprint density at radius 2 is 1.93 bits per heavy atom. The van der Waals surface area contributed by atoms with Crippen molar-refractivity contribution < 1.29 is 4.84 Å². The molecule has 1 N–H and O–H groups in total. The zero-order valence-electron chi connectivity index (χ0n) is 9.91. The fourth-order valence-corrected chi connectivity index (χ4v) is 2.78. The second kappa shape index (κ2) is 5.25. The average Bonchev–Trinajstić information content (AvgIpc) is 2.31. The van der Waals surface area contributed by atoms with E-state index < -0.39 is 0 Å². The molecule has 2 aliphatic heterocycles. The van der Waals surface area contributed by atoms with Gasteiger partial charge >= 0.3 is 0 Å². The number of hydrogen-bond acceptors (Lipinski definition) is 4. The molecule has 2 fully saturated rings. The number of hydroxylamine groups is 2. The van der Waals surface area contributed by atoms with Crippen molar-refractivity contribution in [2.45, 2.75) is 18.9 Å². The highest BCUT2D eigenvalue weighted by molar-refractivity contribution is 4.86. The fraction of sp³-hybridized carbons (Fsp3) is 1.00.